The van der Waals surface area contributed by atoms with Gasteiger partial charge in [-0.15, -0.1) is 0 Å². The summed E-state index contributed by atoms with van der Waals surface area (Å²) in [6.07, 6.45) is 12.2. The second-order valence-corrected chi connectivity index (χ2v) is 9.86. The van der Waals surface area contributed by atoms with Gasteiger partial charge in [-0.2, -0.15) is 0 Å². The van der Waals surface area contributed by atoms with Gasteiger partial charge < -0.3 is 20.5 Å². The number of ether oxygens (including phenoxy) is 1. The maximum atomic E-state index is 13.1. The van der Waals surface area contributed by atoms with Crippen molar-refractivity contribution in [2.75, 3.05) is 11.9 Å². The highest BCUT2D eigenvalue weighted by Crippen LogP contribution is 2.33. The molecule has 3 N–H and O–H groups in total. The van der Waals surface area contributed by atoms with Crippen LogP contribution in [0.2, 0.25) is 0 Å². The Balaban J connectivity index is 1.88. The minimum absolute atomic E-state index is 0.0656. The molecular formula is C28H48N2O3. The third-order valence-electron chi connectivity index (χ3n) is 7.33. The molecule has 1 aromatic rings. The minimum atomic E-state index is -0.884. The van der Waals surface area contributed by atoms with Crippen molar-refractivity contribution in [3.8, 4) is 5.75 Å². The van der Waals surface area contributed by atoms with Crippen molar-refractivity contribution in [1.82, 2.24) is 5.32 Å². The lowest BCUT2D eigenvalue weighted by Gasteiger charge is -2.33. The van der Waals surface area contributed by atoms with Crippen molar-refractivity contribution in [2.24, 2.45) is 17.8 Å². The number of carbonyl (C=O) groups is 1. The van der Waals surface area contributed by atoms with Crippen molar-refractivity contribution in [1.29, 1.82) is 0 Å². The fourth-order valence-electron chi connectivity index (χ4n) is 4.93. The number of benzene rings is 1. The van der Waals surface area contributed by atoms with E-state index in [0.717, 1.165) is 43.7 Å². The number of aliphatic hydroxyl groups excluding tert-OH is 1. The largest absolute Gasteiger partial charge is 0.492 e. The van der Waals surface area contributed by atoms with Crippen LogP contribution in [-0.2, 0) is 4.79 Å². The van der Waals surface area contributed by atoms with Gasteiger partial charge in [0.25, 0.3) is 0 Å². The zero-order chi connectivity index (χ0) is 24.1. The van der Waals surface area contributed by atoms with Crippen molar-refractivity contribution in [3.05, 3.63) is 24.3 Å². The highest BCUT2D eigenvalue weighted by atomic mass is 16.5. The first-order valence-electron chi connectivity index (χ1n) is 13.5. The van der Waals surface area contributed by atoms with Gasteiger partial charge in [-0.3, -0.25) is 4.79 Å². The molecule has 0 bridgehead atoms. The number of anilines is 1. The first-order valence-corrected chi connectivity index (χ1v) is 13.5. The molecule has 0 unspecified atom stereocenters. The lowest BCUT2D eigenvalue weighted by atomic mass is 9.79. The average molecular weight is 461 g/mol. The van der Waals surface area contributed by atoms with E-state index in [1.165, 1.54) is 38.5 Å². The highest BCUT2D eigenvalue weighted by Gasteiger charge is 2.31. The van der Waals surface area contributed by atoms with Crippen molar-refractivity contribution in [2.45, 2.75) is 111 Å². The van der Waals surface area contributed by atoms with E-state index < -0.39 is 6.23 Å². The van der Waals surface area contributed by atoms with Gasteiger partial charge in [0.1, 0.15) is 12.0 Å². The summed E-state index contributed by atoms with van der Waals surface area (Å²) in [4.78, 5) is 13.1. The molecule has 0 heterocycles. The Kier molecular flexibility index (Phi) is 12.7. The first kappa shape index (κ1) is 27.5. The molecule has 1 aliphatic rings. The Labute approximate surface area is 202 Å². The van der Waals surface area contributed by atoms with Crippen LogP contribution in [-0.4, -0.2) is 29.9 Å². The zero-order valence-corrected chi connectivity index (χ0v) is 21.4. The molecule has 188 valence electrons. The Morgan fingerprint density at radius 1 is 1.06 bits per heavy atom. The van der Waals surface area contributed by atoms with Crippen LogP contribution >= 0.6 is 0 Å². The molecule has 3 atom stereocenters. The van der Waals surface area contributed by atoms with Crippen LogP contribution in [0.4, 0.5) is 5.69 Å². The molecule has 0 saturated heterocycles. The van der Waals surface area contributed by atoms with E-state index in [9.17, 15) is 9.90 Å². The van der Waals surface area contributed by atoms with Gasteiger partial charge in [0.2, 0.25) is 5.91 Å². The number of aliphatic hydroxyl groups is 1. The number of amides is 1. The maximum absolute atomic E-state index is 13.1. The smallest absolute Gasteiger partial charge is 0.223 e. The Hall–Kier alpha value is -1.75. The standard InChI is InChI=1S/C28H48N2O3/c1-5-8-9-10-11-14-22-17-19-23(20-18-22)27(31)30-26(21(4)6-2)28(32)29-24-15-12-13-16-25(24)33-7-3/h12-13,15-16,21-23,26,28-29,32H,5-11,14,17-20H2,1-4H3,(H,30,31)/t21-,22?,23?,26-,28-/m1/s1. The lowest BCUT2D eigenvalue weighted by Crippen LogP contribution is -2.52. The van der Waals surface area contributed by atoms with E-state index >= 15 is 0 Å². The fourth-order valence-corrected chi connectivity index (χ4v) is 4.93. The molecule has 0 aliphatic heterocycles. The fraction of sp³-hybridized carbons (Fsp3) is 0.750. The lowest BCUT2D eigenvalue weighted by molar-refractivity contribution is -0.128. The number of hydrogen-bond donors (Lipinski definition) is 3. The van der Waals surface area contributed by atoms with Gasteiger partial charge in [-0.05, 0) is 56.6 Å². The first-order chi connectivity index (χ1) is 16.0. The summed E-state index contributed by atoms with van der Waals surface area (Å²) in [6, 6.07) is 7.26. The van der Waals surface area contributed by atoms with E-state index in [4.69, 9.17) is 4.74 Å². The van der Waals surface area contributed by atoms with Gasteiger partial charge in [-0.1, -0.05) is 77.8 Å². The monoisotopic (exact) mass is 460 g/mol. The quantitative estimate of drug-likeness (QED) is 0.206. The highest BCUT2D eigenvalue weighted by molar-refractivity contribution is 5.79. The molecule has 0 aromatic heterocycles. The summed E-state index contributed by atoms with van der Waals surface area (Å²) in [5, 5.41) is 17.4. The number of rotatable bonds is 15. The van der Waals surface area contributed by atoms with E-state index in [-0.39, 0.29) is 23.8 Å². The Morgan fingerprint density at radius 2 is 1.76 bits per heavy atom. The Bertz CT molecular complexity index is 673. The van der Waals surface area contributed by atoms with Gasteiger partial charge in [0.15, 0.2) is 0 Å². The van der Waals surface area contributed by atoms with Gasteiger partial charge in [0.05, 0.1) is 18.3 Å². The number of para-hydroxylation sites is 2. The number of nitrogens with one attached hydrogen (secondary N) is 2. The van der Waals surface area contributed by atoms with Crippen LogP contribution in [0.25, 0.3) is 0 Å². The SMILES string of the molecule is CCCCCCCC1CCC(C(=O)N[C@H]([C@H](C)CC)[C@@H](O)Nc2ccccc2OCC)CC1. The summed E-state index contributed by atoms with van der Waals surface area (Å²) in [6.45, 7) is 8.93. The second kappa shape index (κ2) is 15.2. The number of unbranched alkanes of at least 4 members (excludes halogenated alkanes) is 4. The van der Waals surface area contributed by atoms with Crippen LogP contribution in [0.15, 0.2) is 24.3 Å². The summed E-state index contributed by atoms with van der Waals surface area (Å²) >= 11 is 0. The average Bonchev–Trinajstić information content (AvgIpc) is 2.83. The molecule has 1 amide bonds. The summed E-state index contributed by atoms with van der Waals surface area (Å²) in [5.41, 5.74) is 0.744. The summed E-state index contributed by atoms with van der Waals surface area (Å²) < 4.78 is 5.68. The maximum Gasteiger partial charge on any atom is 0.223 e. The summed E-state index contributed by atoms with van der Waals surface area (Å²) in [5.74, 6) is 1.80. The van der Waals surface area contributed by atoms with Gasteiger partial charge in [0, 0.05) is 5.92 Å². The van der Waals surface area contributed by atoms with Crippen molar-refractivity contribution in [3.63, 3.8) is 0 Å². The molecule has 5 heteroatoms. The molecule has 0 radical (unpaired) electrons. The molecule has 1 saturated carbocycles. The van der Waals surface area contributed by atoms with Gasteiger partial charge >= 0.3 is 0 Å². The predicted octanol–water partition coefficient (Wildman–Crippen LogP) is 6.51. The molecule has 0 spiro atoms. The van der Waals surface area contributed by atoms with Crippen LogP contribution in [0.3, 0.4) is 0 Å². The van der Waals surface area contributed by atoms with E-state index in [2.05, 4.69) is 31.4 Å². The molecular weight excluding hydrogens is 412 g/mol. The minimum Gasteiger partial charge on any atom is -0.492 e. The predicted molar refractivity (Wildman–Crippen MR) is 137 cm³/mol. The Morgan fingerprint density at radius 3 is 2.42 bits per heavy atom. The molecule has 1 aromatic carbocycles. The normalized spacial score (nSPS) is 21.1. The molecule has 1 aliphatic carbocycles. The third kappa shape index (κ3) is 9.19. The molecule has 33 heavy (non-hydrogen) atoms. The van der Waals surface area contributed by atoms with Crippen LogP contribution < -0.4 is 15.4 Å². The van der Waals surface area contributed by atoms with Crippen molar-refractivity contribution < 1.29 is 14.6 Å². The molecule has 1 fully saturated rings. The van der Waals surface area contributed by atoms with Gasteiger partial charge in [-0.25, -0.2) is 0 Å². The molecule has 5 nitrogen and oxygen atoms in total. The van der Waals surface area contributed by atoms with E-state index in [1.807, 2.05) is 31.2 Å². The summed E-state index contributed by atoms with van der Waals surface area (Å²) in [7, 11) is 0. The molecule has 2 rings (SSSR count). The van der Waals surface area contributed by atoms with E-state index in [0.29, 0.717) is 12.4 Å². The van der Waals surface area contributed by atoms with Crippen LogP contribution in [0.1, 0.15) is 98.3 Å². The topological polar surface area (TPSA) is 70.6 Å². The van der Waals surface area contributed by atoms with E-state index in [1.54, 1.807) is 0 Å². The van der Waals surface area contributed by atoms with Crippen LogP contribution in [0.5, 0.6) is 5.75 Å². The zero-order valence-electron chi connectivity index (χ0n) is 21.4. The van der Waals surface area contributed by atoms with Crippen molar-refractivity contribution >= 4 is 11.6 Å². The third-order valence-corrected chi connectivity index (χ3v) is 7.33. The second-order valence-electron chi connectivity index (χ2n) is 9.86. The number of carbonyl (C=O) groups excluding carboxylic acids is 1. The number of hydrogen-bond acceptors (Lipinski definition) is 4. The van der Waals surface area contributed by atoms with Crippen LogP contribution in [0, 0.1) is 17.8 Å².